The molecule has 0 aromatic heterocycles. The Morgan fingerprint density at radius 2 is 1.86 bits per heavy atom. The van der Waals surface area contributed by atoms with Crippen molar-refractivity contribution in [3.05, 3.63) is 59.7 Å². The molecule has 1 unspecified atom stereocenters. The van der Waals surface area contributed by atoms with E-state index in [0.717, 1.165) is 22.6 Å². The molecule has 0 bridgehead atoms. The minimum absolute atomic E-state index is 0.000602. The Kier molecular flexibility index (Phi) is 3.77. The normalized spacial score (nSPS) is 13.8. The lowest BCUT2D eigenvalue weighted by Crippen LogP contribution is -2.21. The highest BCUT2D eigenvalue weighted by Crippen LogP contribution is 2.37. The van der Waals surface area contributed by atoms with Gasteiger partial charge in [0.05, 0.1) is 0 Å². The van der Waals surface area contributed by atoms with Gasteiger partial charge in [0.2, 0.25) is 12.7 Å². The van der Waals surface area contributed by atoms with Gasteiger partial charge in [0.1, 0.15) is 0 Å². The summed E-state index contributed by atoms with van der Waals surface area (Å²) in [5, 5.41) is 2.69. The van der Waals surface area contributed by atoms with Gasteiger partial charge in [-0.25, -0.2) is 0 Å². The van der Waals surface area contributed by atoms with Crippen molar-refractivity contribution in [3.63, 3.8) is 0 Å². The number of amides is 1. The van der Waals surface area contributed by atoms with Crippen LogP contribution in [-0.2, 0) is 4.79 Å². The van der Waals surface area contributed by atoms with Crippen molar-refractivity contribution in [1.82, 2.24) is 5.32 Å². The van der Waals surface area contributed by atoms with Gasteiger partial charge in [-0.3, -0.25) is 4.79 Å². The fourth-order valence-corrected chi connectivity index (χ4v) is 2.53. The second-order valence-corrected chi connectivity index (χ2v) is 4.95. The first-order valence-corrected chi connectivity index (χ1v) is 6.93. The monoisotopic (exact) mass is 283 g/mol. The standard InChI is InChI=1S/C17H17NO3/c1-18-17(19)10-14(12-5-3-2-4-6-12)13-7-8-15-16(9-13)21-11-20-15/h2-9,14H,10-11H2,1H3,(H,18,19). The Morgan fingerprint density at radius 3 is 2.62 bits per heavy atom. The van der Waals surface area contributed by atoms with Crippen LogP contribution in [0.1, 0.15) is 23.5 Å². The van der Waals surface area contributed by atoms with Crippen molar-refractivity contribution in [2.24, 2.45) is 0 Å². The molecule has 1 aliphatic heterocycles. The van der Waals surface area contributed by atoms with Gasteiger partial charge in [-0.05, 0) is 23.3 Å². The second-order valence-electron chi connectivity index (χ2n) is 4.95. The van der Waals surface area contributed by atoms with Crippen molar-refractivity contribution in [2.75, 3.05) is 13.8 Å². The molecule has 2 aromatic rings. The highest BCUT2D eigenvalue weighted by Gasteiger charge is 2.21. The minimum atomic E-state index is 0.000602. The molecule has 108 valence electrons. The molecule has 1 atom stereocenters. The van der Waals surface area contributed by atoms with Gasteiger partial charge in [-0.2, -0.15) is 0 Å². The van der Waals surface area contributed by atoms with E-state index in [2.05, 4.69) is 5.32 Å². The molecular weight excluding hydrogens is 266 g/mol. The highest BCUT2D eigenvalue weighted by atomic mass is 16.7. The number of hydrogen-bond acceptors (Lipinski definition) is 3. The molecule has 0 aliphatic carbocycles. The third kappa shape index (κ3) is 2.84. The van der Waals surface area contributed by atoms with Crippen LogP contribution in [0.25, 0.3) is 0 Å². The maximum atomic E-state index is 11.8. The first kappa shape index (κ1) is 13.5. The molecule has 1 N–H and O–H groups in total. The fraction of sp³-hybridized carbons (Fsp3) is 0.235. The maximum Gasteiger partial charge on any atom is 0.231 e. The summed E-state index contributed by atoms with van der Waals surface area (Å²) in [6, 6.07) is 15.9. The summed E-state index contributed by atoms with van der Waals surface area (Å²) in [4.78, 5) is 11.8. The van der Waals surface area contributed by atoms with Crippen LogP contribution in [0.3, 0.4) is 0 Å². The smallest absolute Gasteiger partial charge is 0.231 e. The maximum absolute atomic E-state index is 11.8. The van der Waals surface area contributed by atoms with E-state index in [0.29, 0.717) is 6.42 Å². The quantitative estimate of drug-likeness (QED) is 0.938. The van der Waals surface area contributed by atoms with Crippen LogP contribution < -0.4 is 14.8 Å². The first-order valence-electron chi connectivity index (χ1n) is 6.93. The third-order valence-corrected chi connectivity index (χ3v) is 3.67. The summed E-state index contributed by atoms with van der Waals surface area (Å²) < 4.78 is 10.8. The van der Waals surface area contributed by atoms with Crippen molar-refractivity contribution >= 4 is 5.91 Å². The molecule has 4 heteroatoms. The molecule has 1 amide bonds. The van der Waals surface area contributed by atoms with Crippen LogP contribution in [0.15, 0.2) is 48.5 Å². The number of fused-ring (bicyclic) bond motifs is 1. The number of ether oxygens (including phenoxy) is 2. The average molecular weight is 283 g/mol. The summed E-state index contributed by atoms with van der Waals surface area (Å²) in [6.45, 7) is 0.254. The van der Waals surface area contributed by atoms with Crippen molar-refractivity contribution in [2.45, 2.75) is 12.3 Å². The van der Waals surface area contributed by atoms with Gasteiger partial charge < -0.3 is 14.8 Å². The number of carbonyl (C=O) groups is 1. The van der Waals surface area contributed by atoms with Crippen LogP contribution in [0.5, 0.6) is 11.5 Å². The number of hydrogen-bond donors (Lipinski definition) is 1. The Hall–Kier alpha value is -2.49. The van der Waals surface area contributed by atoms with Gasteiger partial charge in [0.25, 0.3) is 0 Å². The van der Waals surface area contributed by atoms with Crippen LogP contribution >= 0.6 is 0 Å². The fourth-order valence-electron chi connectivity index (χ4n) is 2.53. The van der Waals surface area contributed by atoms with E-state index in [-0.39, 0.29) is 18.6 Å². The molecule has 0 fully saturated rings. The molecule has 0 radical (unpaired) electrons. The number of carbonyl (C=O) groups excluding carboxylic acids is 1. The molecule has 4 nitrogen and oxygen atoms in total. The van der Waals surface area contributed by atoms with Crippen LogP contribution in [0, 0.1) is 0 Å². The van der Waals surface area contributed by atoms with E-state index < -0.39 is 0 Å². The summed E-state index contributed by atoms with van der Waals surface area (Å²) in [6.07, 6.45) is 0.403. The average Bonchev–Trinajstić information content (AvgIpc) is 3.00. The number of rotatable bonds is 4. The van der Waals surface area contributed by atoms with E-state index >= 15 is 0 Å². The topological polar surface area (TPSA) is 47.6 Å². The van der Waals surface area contributed by atoms with Gasteiger partial charge >= 0.3 is 0 Å². The third-order valence-electron chi connectivity index (χ3n) is 3.67. The number of nitrogens with one attached hydrogen (secondary N) is 1. The Labute approximate surface area is 123 Å². The van der Waals surface area contributed by atoms with Crippen LogP contribution in [0.4, 0.5) is 0 Å². The Bertz CT molecular complexity index is 640. The molecule has 1 aliphatic rings. The van der Waals surface area contributed by atoms with E-state index in [9.17, 15) is 4.79 Å². The predicted molar refractivity (Wildman–Crippen MR) is 79.5 cm³/mol. The van der Waals surface area contributed by atoms with E-state index in [1.54, 1.807) is 7.05 Å². The largest absolute Gasteiger partial charge is 0.454 e. The van der Waals surface area contributed by atoms with Gasteiger partial charge in [-0.1, -0.05) is 36.4 Å². The molecule has 1 heterocycles. The minimum Gasteiger partial charge on any atom is -0.454 e. The molecular formula is C17H17NO3. The Balaban J connectivity index is 1.96. The highest BCUT2D eigenvalue weighted by molar-refractivity contribution is 5.77. The van der Waals surface area contributed by atoms with Crippen molar-refractivity contribution in [1.29, 1.82) is 0 Å². The Morgan fingerprint density at radius 1 is 1.10 bits per heavy atom. The lowest BCUT2D eigenvalue weighted by Gasteiger charge is -2.17. The summed E-state index contributed by atoms with van der Waals surface area (Å²) >= 11 is 0. The van der Waals surface area contributed by atoms with Crippen LogP contribution in [0.2, 0.25) is 0 Å². The summed E-state index contributed by atoms with van der Waals surface area (Å²) in [7, 11) is 1.66. The molecule has 0 spiro atoms. The zero-order valence-corrected chi connectivity index (χ0v) is 11.8. The zero-order chi connectivity index (χ0) is 14.7. The molecule has 2 aromatic carbocycles. The van der Waals surface area contributed by atoms with E-state index in [4.69, 9.17) is 9.47 Å². The van der Waals surface area contributed by atoms with Crippen molar-refractivity contribution in [3.8, 4) is 11.5 Å². The molecule has 0 saturated heterocycles. The predicted octanol–water partition coefficient (Wildman–Crippen LogP) is 2.68. The molecule has 21 heavy (non-hydrogen) atoms. The van der Waals surface area contributed by atoms with Crippen LogP contribution in [-0.4, -0.2) is 19.7 Å². The first-order chi connectivity index (χ1) is 10.3. The molecule has 3 rings (SSSR count). The number of benzene rings is 2. The summed E-state index contributed by atoms with van der Waals surface area (Å²) in [5.41, 5.74) is 2.16. The van der Waals surface area contributed by atoms with Gasteiger partial charge in [-0.15, -0.1) is 0 Å². The van der Waals surface area contributed by atoms with Crippen molar-refractivity contribution < 1.29 is 14.3 Å². The lowest BCUT2D eigenvalue weighted by atomic mass is 9.88. The molecule has 0 saturated carbocycles. The summed E-state index contributed by atoms with van der Waals surface area (Å²) in [5.74, 6) is 1.51. The SMILES string of the molecule is CNC(=O)CC(c1ccccc1)c1ccc2c(c1)OCO2. The zero-order valence-electron chi connectivity index (χ0n) is 11.8. The second kappa shape index (κ2) is 5.87. The van der Waals surface area contributed by atoms with Gasteiger partial charge in [0.15, 0.2) is 11.5 Å². The lowest BCUT2D eigenvalue weighted by molar-refractivity contribution is -0.120. The van der Waals surface area contributed by atoms with E-state index in [1.807, 2.05) is 48.5 Å². The van der Waals surface area contributed by atoms with Gasteiger partial charge in [0, 0.05) is 19.4 Å². The van der Waals surface area contributed by atoms with E-state index in [1.165, 1.54) is 0 Å².